The topological polar surface area (TPSA) is 21.3 Å². The Labute approximate surface area is 124 Å². The van der Waals surface area contributed by atoms with E-state index in [2.05, 4.69) is 21.2 Å². The number of methoxy groups -OCH3 is 1. The molecule has 0 bridgehead atoms. The second kappa shape index (κ2) is 6.35. The molecule has 0 unspecified atom stereocenters. The van der Waals surface area contributed by atoms with Crippen molar-refractivity contribution in [3.63, 3.8) is 0 Å². The molecule has 0 aromatic heterocycles. The van der Waals surface area contributed by atoms with Gasteiger partial charge in [-0.05, 0) is 43.9 Å². The molecule has 6 heteroatoms. The van der Waals surface area contributed by atoms with E-state index in [1.54, 1.807) is 13.2 Å². The molecule has 2 rings (SSSR count). The molecule has 0 saturated heterocycles. The van der Waals surface area contributed by atoms with Crippen LogP contribution in [0.1, 0.15) is 31.2 Å². The van der Waals surface area contributed by atoms with Crippen LogP contribution in [0.2, 0.25) is 0 Å². The van der Waals surface area contributed by atoms with Gasteiger partial charge in [0, 0.05) is 23.3 Å². The van der Waals surface area contributed by atoms with Crippen LogP contribution >= 0.6 is 15.9 Å². The molecule has 20 heavy (non-hydrogen) atoms. The van der Waals surface area contributed by atoms with Crippen LogP contribution in [0.15, 0.2) is 22.7 Å². The Hall–Kier alpha value is -0.750. The molecule has 1 N–H and O–H groups in total. The van der Waals surface area contributed by atoms with Crippen molar-refractivity contribution >= 4 is 21.6 Å². The van der Waals surface area contributed by atoms with E-state index in [-0.39, 0.29) is 17.8 Å². The molecule has 1 aliphatic carbocycles. The first-order chi connectivity index (χ1) is 9.40. The third-order valence-corrected chi connectivity index (χ3v) is 4.15. The maximum absolute atomic E-state index is 13.0. The lowest BCUT2D eigenvalue weighted by Crippen LogP contribution is -2.30. The average Bonchev–Trinajstić information content (AvgIpc) is 2.40. The average molecular weight is 352 g/mol. The summed E-state index contributed by atoms with van der Waals surface area (Å²) >= 11 is 3.09. The highest BCUT2D eigenvalue weighted by Gasteiger charge is 2.34. The predicted molar refractivity (Wildman–Crippen MR) is 75.8 cm³/mol. The Morgan fingerprint density at radius 1 is 1.20 bits per heavy atom. The monoisotopic (exact) mass is 351 g/mol. The lowest BCUT2D eigenvalue weighted by molar-refractivity contribution is -0.137. The van der Waals surface area contributed by atoms with E-state index < -0.39 is 11.7 Å². The van der Waals surface area contributed by atoms with Gasteiger partial charge in [-0.25, -0.2) is 0 Å². The van der Waals surface area contributed by atoms with Gasteiger partial charge in [0.05, 0.1) is 11.7 Å². The Morgan fingerprint density at radius 2 is 1.85 bits per heavy atom. The van der Waals surface area contributed by atoms with Gasteiger partial charge in [0.1, 0.15) is 0 Å². The molecule has 2 nitrogen and oxygen atoms in total. The Morgan fingerprint density at radius 3 is 2.40 bits per heavy atom. The lowest BCUT2D eigenvalue weighted by atomic mass is 9.92. The van der Waals surface area contributed by atoms with Crippen molar-refractivity contribution in [2.45, 2.75) is 44.0 Å². The molecule has 1 fully saturated rings. The van der Waals surface area contributed by atoms with E-state index >= 15 is 0 Å². The van der Waals surface area contributed by atoms with E-state index in [0.29, 0.717) is 4.47 Å². The molecule has 0 radical (unpaired) electrons. The van der Waals surface area contributed by atoms with Crippen LogP contribution < -0.4 is 5.32 Å². The van der Waals surface area contributed by atoms with Gasteiger partial charge in [0.15, 0.2) is 0 Å². The molecule has 0 spiro atoms. The Balaban J connectivity index is 2.10. The largest absolute Gasteiger partial charge is 0.418 e. The number of halogens is 4. The van der Waals surface area contributed by atoms with Gasteiger partial charge in [0.25, 0.3) is 0 Å². The van der Waals surface area contributed by atoms with Gasteiger partial charge < -0.3 is 10.1 Å². The first kappa shape index (κ1) is 15.6. The minimum atomic E-state index is -4.35. The number of ether oxygens (including phenoxy) is 1. The zero-order chi connectivity index (χ0) is 14.8. The summed E-state index contributed by atoms with van der Waals surface area (Å²) in [5, 5.41) is 3.03. The summed E-state index contributed by atoms with van der Waals surface area (Å²) in [7, 11) is 1.68. The quantitative estimate of drug-likeness (QED) is 0.841. The fraction of sp³-hybridized carbons (Fsp3) is 0.571. The Kier molecular flexibility index (Phi) is 4.96. The van der Waals surface area contributed by atoms with Crippen LogP contribution in [0, 0.1) is 0 Å². The molecule has 112 valence electrons. The second-order valence-electron chi connectivity index (χ2n) is 5.04. The van der Waals surface area contributed by atoms with Crippen LogP contribution in [0.25, 0.3) is 0 Å². The zero-order valence-corrected chi connectivity index (χ0v) is 12.7. The summed E-state index contributed by atoms with van der Waals surface area (Å²) in [5.41, 5.74) is -0.470. The minimum absolute atomic E-state index is 0.0728. The first-order valence-electron chi connectivity index (χ1n) is 6.56. The molecule has 0 aliphatic heterocycles. The molecular weight excluding hydrogens is 335 g/mol. The highest BCUT2D eigenvalue weighted by atomic mass is 79.9. The zero-order valence-electron chi connectivity index (χ0n) is 11.1. The molecule has 1 aromatic rings. The smallest absolute Gasteiger partial charge is 0.382 e. The summed E-state index contributed by atoms with van der Waals surface area (Å²) in [4.78, 5) is 0. The van der Waals surface area contributed by atoms with Crippen LogP contribution in [-0.2, 0) is 10.9 Å². The first-order valence-corrected chi connectivity index (χ1v) is 7.35. The summed E-state index contributed by atoms with van der Waals surface area (Å²) in [6.07, 6.45) is -0.703. The fourth-order valence-electron chi connectivity index (χ4n) is 2.54. The molecule has 0 amide bonds. The van der Waals surface area contributed by atoms with Gasteiger partial charge in [-0.3, -0.25) is 0 Å². The van der Waals surface area contributed by atoms with Gasteiger partial charge in [0.2, 0.25) is 0 Å². The second-order valence-corrected chi connectivity index (χ2v) is 5.96. The molecular formula is C14H17BrF3NO. The summed E-state index contributed by atoms with van der Waals surface area (Å²) in [6, 6.07) is 4.29. The predicted octanol–water partition coefficient (Wildman–Crippen LogP) is 4.84. The molecule has 0 heterocycles. The SMILES string of the molecule is COC1CCC(Nc2ccc(Br)cc2C(F)(F)F)CC1. The van der Waals surface area contributed by atoms with Crippen molar-refractivity contribution < 1.29 is 17.9 Å². The van der Waals surface area contributed by atoms with Crippen molar-refractivity contribution in [3.8, 4) is 0 Å². The summed E-state index contributed by atoms with van der Waals surface area (Å²) in [6.45, 7) is 0. The van der Waals surface area contributed by atoms with Gasteiger partial charge in [-0.1, -0.05) is 15.9 Å². The van der Waals surface area contributed by atoms with Crippen molar-refractivity contribution in [1.29, 1.82) is 0 Å². The molecule has 1 aliphatic rings. The molecule has 1 aromatic carbocycles. The Bertz CT molecular complexity index is 456. The number of hydrogen-bond acceptors (Lipinski definition) is 2. The number of benzene rings is 1. The third kappa shape index (κ3) is 3.88. The van der Waals surface area contributed by atoms with Crippen LogP contribution in [0.4, 0.5) is 18.9 Å². The minimum Gasteiger partial charge on any atom is -0.382 e. The summed E-state index contributed by atoms with van der Waals surface area (Å²) < 4.78 is 44.8. The van der Waals surface area contributed by atoms with Crippen LogP contribution in [0.5, 0.6) is 0 Å². The normalized spacial score (nSPS) is 23.6. The maximum atomic E-state index is 13.0. The van der Waals surface area contributed by atoms with Gasteiger partial charge >= 0.3 is 6.18 Å². The third-order valence-electron chi connectivity index (χ3n) is 3.65. The van der Waals surface area contributed by atoms with Crippen molar-refractivity contribution in [1.82, 2.24) is 0 Å². The molecule has 0 atom stereocenters. The van der Waals surface area contributed by atoms with E-state index in [1.807, 2.05) is 0 Å². The van der Waals surface area contributed by atoms with E-state index in [4.69, 9.17) is 4.74 Å². The molecule has 1 saturated carbocycles. The van der Waals surface area contributed by atoms with Crippen molar-refractivity contribution in [3.05, 3.63) is 28.2 Å². The van der Waals surface area contributed by atoms with Crippen LogP contribution in [0.3, 0.4) is 0 Å². The highest BCUT2D eigenvalue weighted by Crippen LogP contribution is 2.37. The summed E-state index contributed by atoms with van der Waals surface area (Å²) in [5.74, 6) is 0. The van der Waals surface area contributed by atoms with Crippen molar-refractivity contribution in [2.75, 3.05) is 12.4 Å². The maximum Gasteiger partial charge on any atom is 0.418 e. The number of hydrogen-bond donors (Lipinski definition) is 1. The highest BCUT2D eigenvalue weighted by molar-refractivity contribution is 9.10. The van der Waals surface area contributed by atoms with E-state index in [0.717, 1.165) is 31.7 Å². The van der Waals surface area contributed by atoms with Crippen LogP contribution in [-0.4, -0.2) is 19.3 Å². The number of alkyl halides is 3. The number of nitrogens with one attached hydrogen (secondary N) is 1. The van der Waals surface area contributed by atoms with Crippen molar-refractivity contribution in [2.24, 2.45) is 0 Å². The number of rotatable bonds is 3. The van der Waals surface area contributed by atoms with E-state index in [1.165, 1.54) is 6.07 Å². The lowest BCUT2D eigenvalue weighted by Gasteiger charge is -2.29. The number of anilines is 1. The van der Waals surface area contributed by atoms with E-state index in [9.17, 15) is 13.2 Å². The van der Waals surface area contributed by atoms with Gasteiger partial charge in [-0.15, -0.1) is 0 Å². The van der Waals surface area contributed by atoms with Gasteiger partial charge in [-0.2, -0.15) is 13.2 Å². The fourth-order valence-corrected chi connectivity index (χ4v) is 2.90. The standard InChI is InChI=1S/C14H17BrF3NO/c1-20-11-5-3-10(4-6-11)19-13-7-2-9(15)8-12(13)14(16,17)18/h2,7-8,10-11,19H,3-6H2,1H3.